The molecule has 1 saturated carbocycles. The molecule has 0 unspecified atom stereocenters. The highest BCUT2D eigenvalue weighted by Gasteiger charge is 2.25. The number of aromatic nitrogens is 4. The van der Waals surface area contributed by atoms with Gasteiger partial charge in [0.05, 0.1) is 24.1 Å². The van der Waals surface area contributed by atoms with Crippen molar-refractivity contribution in [1.29, 1.82) is 0 Å². The van der Waals surface area contributed by atoms with Crippen LogP contribution in [0.1, 0.15) is 32.6 Å². The molecule has 10 heteroatoms. The summed E-state index contributed by atoms with van der Waals surface area (Å²) < 4.78 is 17.3. The number of anilines is 2. The van der Waals surface area contributed by atoms with Gasteiger partial charge in [0.25, 0.3) is 0 Å². The van der Waals surface area contributed by atoms with E-state index in [4.69, 9.17) is 19.2 Å². The number of morpholine rings is 1. The van der Waals surface area contributed by atoms with E-state index in [1.807, 2.05) is 18.2 Å². The smallest absolute Gasteiger partial charge is 0.226 e. The molecule has 3 aromatic heterocycles. The first-order valence-electron chi connectivity index (χ1n) is 12.1. The van der Waals surface area contributed by atoms with Crippen LogP contribution in [0.25, 0.3) is 10.9 Å². The molecule has 5 rings (SSSR count). The molecule has 4 heterocycles. The summed E-state index contributed by atoms with van der Waals surface area (Å²) in [6.45, 7) is 4.50. The minimum absolute atomic E-state index is 0.00385. The van der Waals surface area contributed by atoms with Crippen molar-refractivity contribution in [2.75, 3.05) is 43.1 Å². The van der Waals surface area contributed by atoms with Gasteiger partial charge >= 0.3 is 0 Å². The third-order valence-electron chi connectivity index (χ3n) is 6.23. The van der Waals surface area contributed by atoms with Gasteiger partial charge in [-0.15, -0.1) is 0 Å². The summed E-state index contributed by atoms with van der Waals surface area (Å²) in [7, 11) is 0. The van der Waals surface area contributed by atoms with Crippen LogP contribution in [0.15, 0.2) is 36.7 Å². The predicted molar refractivity (Wildman–Crippen MR) is 131 cm³/mol. The van der Waals surface area contributed by atoms with E-state index in [9.17, 15) is 4.79 Å². The highest BCUT2D eigenvalue weighted by atomic mass is 16.5. The largest absolute Gasteiger partial charge is 0.474 e. The van der Waals surface area contributed by atoms with E-state index < -0.39 is 0 Å². The molecule has 10 nitrogen and oxygen atoms in total. The molecule has 0 amide bonds. The summed E-state index contributed by atoms with van der Waals surface area (Å²) in [5, 5.41) is 4.32. The van der Waals surface area contributed by atoms with E-state index >= 15 is 0 Å². The molecular formula is C25H30N6O4. The van der Waals surface area contributed by atoms with Crippen molar-refractivity contribution in [3.05, 3.63) is 36.7 Å². The van der Waals surface area contributed by atoms with Crippen LogP contribution in [-0.2, 0) is 9.53 Å². The standard InChI is InChI=1S/C25H30N6O4/c1-17(32)16-34-23-8-10-27-25(30-23)28-18-4-6-19(7-5-18)35-24-20-3-2-9-26-21(20)15-22(29-24)31-11-13-33-14-12-31/h2-3,8-10,15,18-19H,4-7,11-14,16H2,1H3,(H,27,28,30)/t18-,19+. The number of rotatable bonds is 8. The van der Waals surface area contributed by atoms with Gasteiger partial charge in [-0.3, -0.25) is 9.78 Å². The molecular weight excluding hydrogens is 448 g/mol. The number of ether oxygens (including phenoxy) is 3. The normalized spacial score (nSPS) is 20.4. The molecule has 1 aliphatic heterocycles. The fourth-order valence-corrected chi connectivity index (χ4v) is 4.41. The maximum absolute atomic E-state index is 11.1. The van der Waals surface area contributed by atoms with Crippen molar-refractivity contribution in [3.63, 3.8) is 0 Å². The van der Waals surface area contributed by atoms with Gasteiger partial charge in [-0.1, -0.05) is 0 Å². The molecule has 35 heavy (non-hydrogen) atoms. The fourth-order valence-electron chi connectivity index (χ4n) is 4.41. The minimum atomic E-state index is -0.0509. The zero-order chi connectivity index (χ0) is 24.0. The first-order valence-corrected chi connectivity index (χ1v) is 12.1. The maximum atomic E-state index is 11.1. The minimum Gasteiger partial charge on any atom is -0.474 e. The summed E-state index contributed by atoms with van der Waals surface area (Å²) in [6, 6.07) is 7.85. The topological polar surface area (TPSA) is 112 Å². The lowest BCUT2D eigenvalue weighted by molar-refractivity contribution is -0.119. The van der Waals surface area contributed by atoms with Crippen LogP contribution in [0.4, 0.5) is 11.8 Å². The second-order valence-electron chi connectivity index (χ2n) is 8.90. The number of carbonyl (C=O) groups is 1. The number of nitrogens with zero attached hydrogens (tertiary/aromatic N) is 5. The van der Waals surface area contributed by atoms with Crippen LogP contribution in [0.2, 0.25) is 0 Å². The van der Waals surface area contributed by atoms with Gasteiger partial charge < -0.3 is 24.4 Å². The quantitative estimate of drug-likeness (QED) is 0.518. The third-order valence-corrected chi connectivity index (χ3v) is 6.23. The van der Waals surface area contributed by atoms with E-state index in [-0.39, 0.29) is 24.5 Å². The Labute approximate surface area is 204 Å². The molecule has 1 N–H and O–H groups in total. The van der Waals surface area contributed by atoms with Crippen molar-refractivity contribution < 1.29 is 19.0 Å². The molecule has 1 saturated heterocycles. The van der Waals surface area contributed by atoms with E-state index in [0.29, 0.717) is 30.9 Å². The third kappa shape index (κ3) is 5.94. The van der Waals surface area contributed by atoms with Gasteiger partial charge in [0, 0.05) is 43.7 Å². The van der Waals surface area contributed by atoms with E-state index in [1.54, 1.807) is 18.5 Å². The second kappa shape index (κ2) is 10.8. The van der Waals surface area contributed by atoms with Gasteiger partial charge in [-0.25, -0.2) is 4.98 Å². The number of Topliss-reactive ketones (excluding diaryl/α,β-unsaturated/α-hetero) is 1. The van der Waals surface area contributed by atoms with Crippen LogP contribution in [0, 0.1) is 0 Å². The zero-order valence-electron chi connectivity index (χ0n) is 19.9. The molecule has 0 radical (unpaired) electrons. The van der Waals surface area contributed by atoms with E-state index in [2.05, 4.69) is 25.2 Å². The summed E-state index contributed by atoms with van der Waals surface area (Å²) >= 11 is 0. The fraction of sp³-hybridized carbons (Fsp3) is 0.480. The van der Waals surface area contributed by atoms with Gasteiger partial charge in [0.1, 0.15) is 18.5 Å². The van der Waals surface area contributed by atoms with E-state index in [0.717, 1.165) is 55.5 Å². The van der Waals surface area contributed by atoms with Gasteiger partial charge in [-0.05, 0) is 44.7 Å². The first-order chi connectivity index (χ1) is 17.1. The van der Waals surface area contributed by atoms with Crippen LogP contribution < -0.4 is 19.7 Å². The molecule has 3 aromatic rings. The summed E-state index contributed by atoms with van der Waals surface area (Å²) in [5.41, 5.74) is 0.887. The Morgan fingerprint density at radius 3 is 2.74 bits per heavy atom. The Hall–Kier alpha value is -3.53. The number of pyridine rings is 2. The van der Waals surface area contributed by atoms with Crippen molar-refractivity contribution in [3.8, 4) is 11.8 Å². The SMILES string of the molecule is CC(=O)COc1ccnc(N[C@H]2CC[C@@H](Oc3nc(N4CCOCC4)cc4ncccc34)CC2)n1. The lowest BCUT2D eigenvalue weighted by atomic mass is 9.93. The number of fused-ring (bicyclic) bond motifs is 1. The van der Waals surface area contributed by atoms with Crippen molar-refractivity contribution >= 4 is 28.5 Å². The molecule has 0 atom stereocenters. The summed E-state index contributed by atoms with van der Waals surface area (Å²) in [5.74, 6) is 2.37. The van der Waals surface area contributed by atoms with Crippen molar-refractivity contribution in [2.45, 2.75) is 44.8 Å². The lowest BCUT2D eigenvalue weighted by Crippen LogP contribution is -2.37. The van der Waals surface area contributed by atoms with Gasteiger partial charge in [0.2, 0.25) is 17.7 Å². The van der Waals surface area contributed by atoms with Gasteiger partial charge in [0.15, 0.2) is 5.78 Å². The molecule has 184 valence electrons. The molecule has 0 aromatic carbocycles. The predicted octanol–water partition coefficient (Wildman–Crippen LogP) is 3.03. The average Bonchev–Trinajstić information content (AvgIpc) is 2.89. The molecule has 0 bridgehead atoms. The average molecular weight is 479 g/mol. The summed E-state index contributed by atoms with van der Waals surface area (Å²) in [4.78, 5) is 31.4. The van der Waals surface area contributed by atoms with Gasteiger partial charge in [-0.2, -0.15) is 9.97 Å². The first kappa shape index (κ1) is 23.2. The Balaban J connectivity index is 1.22. The Morgan fingerprint density at radius 1 is 1.11 bits per heavy atom. The molecule has 2 fully saturated rings. The summed E-state index contributed by atoms with van der Waals surface area (Å²) in [6.07, 6.45) is 7.14. The van der Waals surface area contributed by atoms with Crippen LogP contribution >= 0.6 is 0 Å². The number of ketones is 1. The monoisotopic (exact) mass is 478 g/mol. The van der Waals surface area contributed by atoms with Crippen LogP contribution in [0.3, 0.4) is 0 Å². The molecule has 1 aliphatic carbocycles. The second-order valence-corrected chi connectivity index (χ2v) is 8.90. The molecule has 2 aliphatic rings. The lowest BCUT2D eigenvalue weighted by Gasteiger charge is -2.31. The maximum Gasteiger partial charge on any atom is 0.226 e. The van der Waals surface area contributed by atoms with Crippen molar-refractivity contribution in [2.24, 2.45) is 0 Å². The number of hydrogen-bond donors (Lipinski definition) is 1. The highest BCUT2D eigenvalue weighted by Crippen LogP contribution is 2.31. The number of nitrogens with one attached hydrogen (secondary N) is 1. The number of carbonyl (C=O) groups excluding carboxylic acids is 1. The number of hydrogen-bond acceptors (Lipinski definition) is 10. The Bertz CT molecular complexity index is 1160. The zero-order valence-corrected chi connectivity index (χ0v) is 19.9. The Morgan fingerprint density at radius 2 is 1.94 bits per heavy atom. The highest BCUT2D eigenvalue weighted by molar-refractivity contribution is 5.85. The van der Waals surface area contributed by atoms with E-state index in [1.165, 1.54) is 6.92 Å². The Kier molecular flexibility index (Phi) is 7.17. The van der Waals surface area contributed by atoms with Crippen LogP contribution in [-0.4, -0.2) is 70.8 Å². The molecule has 0 spiro atoms. The van der Waals surface area contributed by atoms with Crippen molar-refractivity contribution in [1.82, 2.24) is 19.9 Å². The van der Waals surface area contributed by atoms with Crippen LogP contribution in [0.5, 0.6) is 11.8 Å².